The normalized spacial score (nSPS) is 12.4. The van der Waals surface area contributed by atoms with Crippen molar-refractivity contribution in [3.05, 3.63) is 78.6 Å². The molecular weight excluding hydrogens is 343 g/mol. The van der Waals surface area contributed by atoms with Crippen LogP contribution in [0.15, 0.2) is 72.5 Å². The van der Waals surface area contributed by atoms with Crippen LogP contribution in [0.3, 0.4) is 0 Å². The second-order valence-corrected chi connectivity index (χ2v) is 7.07. The minimum absolute atomic E-state index is 0.270. The van der Waals surface area contributed by atoms with Crippen LogP contribution in [0.2, 0.25) is 6.82 Å². The average Bonchev–Trinajstić information content (AvgIpc) is 3.13. The van der Waals surface area contributed by atoms with Crippen molar-refractivity contribution >= 4 is 35.3 Å². The van der Waals surface area contributed by atoms with Crippen molar-refractivity contribution in [1.82, 2.24) is 15.3 Å². The quantitative estimate of drug-likeness (QED) is 0.285. The molecule has 0 spiro atoms. The van der Waals surface area contributed by atoms with E-state index in [0.717, 1.165) is 42.0 Å². The number of H-pyrrole nitrogens is 1. The average molecular weight is 370 g/mol. The topological polar surface area (TPSA) is 53.1 Å². The highest BCUT2D eigenvalue weighted by molar-refractivity contribution is 6.52. The Morgan fingerprint density at radius 3 is 2.79 bits per heavy atom. The monoisotopic (exact) mass is 370 g/mol. The van der Waals surface area contributed by atoms with Crippen molar-refractivity contribution in [2.45, 2.75) is 27.2 Å². The van der Waals surface area contributed by atoms with Crippen molar-refractivity contribution in [1.29, 1.82) is 0 Å². The molecule has 0 aliphatic heterocycles. The number of amidine groups is 1. The lowest BCUT2D eigenvalue weighted by Crippen LogP contribution is -2.27. The maximum absolute atomic E-state index is 4.98. The molecule has 0 aliphatic carbocycles. The zero-order valence-corrected chi connectivity index (χ0v) is 16.9. The van der Waals surface area contributed by atoms with Gasteiger partial charge in [0, 0.05) is 35.8 Å². The molecule has 142 valence electrons. The van der Waals surface area contributed by atoms with E-state index in [-0.39, 0.29) is 5.92 Å². The standard InChI is InChI=1S/C23H27BN4/c1-5-9-21(20-15-27-23-19(20)12-18(24-4)14-26-23)28-22(16(2)3)25-13-17-10-7-6-8-11-17/h5-12,14-16,24H,1,13H2,2-4H3,(H,25,28)(H,26,27)/b21-9-. The van der Waals surface area contributed by atoms with E-state index in [9.17, 15) is 0 Å². The first-order valence-electron chi connectivity index (χ1n) is 9.77. The Kier molecular flexibility index (Phi) is 6.48. The lowest BCUT2D eigenvalue weighted by molar-refractivity contribution is 0.788. The zero-order valence-electron chi connectivity index (χ0n) is 16.9. The van der Waals surface area contributed by atoms with Gasteiger partial charge in [-0.3, -0.25) is 0 Å². The number of nitrogens with one attached hydrogen (secondary N) is 2. The van der Waals surface area contributed by atoms with Gasteiger partial charge in [-0.1, -0.05) is 75.2 Å². The van der Waals surface area contributed by atoms with E-state index in [4.69, 9.17) is 4.99 Å². The smallest absolute Gasteiger partial charge is 0.156 e. The highest BCUT2D eigenvalue weighted by Gasteiger charge is 2.12. The van der Waals surface area contributed by atoms with E-state index in [0.29, 0.717) is 0 Å². The fourth-order valence-electron chi connectivity index (χ4n) is 3.04. The van der Waals surface area contributed by atoms with E-state index >= 15 is 0 Å². The number of aromatic amines is 1. The number of aliphatic imine (C=N–C) groups is 1. The van der Waals surface area contributed by atoms with Gasteiger partial charge in [0.05, 0.1) is 5.70 Å². The first-order chi connectivity index (χ1) is 13.6. The molecule has 2 N–H and O–H groups in total. The van der Waals surface area contributed by atoms with E-state index in [2.05, 4.69) is 72.9 Å². The summed E-state index contributed by atoms with van der Waals surface area (Å²) in [5.74, 6) is 1.22. The third-order valence-corrected chi connectivity index (χ3v) is 4.65. The van der Waals surface area contributed by atoms with Gasteiger partial charge in [0.1, 0.15) is 11.5 Å². The second kappa shape index (κ2) is 9.22. The predicted octanol–water partition coefficient (Wildman–Crippen LogP) is 4.04. The number of pyridine rings is 1. The van der Waals surface area contributed by atoms with Crippen LogP contribution in [0.5, 0.6) is 0 Å². The molecule has 28 heavy (non-hydrogen) atoms. The molecule has 0 saturated carbocycles. The number of rotatable bonds is 7. The molecule has 2 heterocycles. The molecule has 0 bridgehead atoms. The number of nitrogens with zero attached hydrogens (tertiary/aromatic N) is 2. The van der Waals surface area contributed by atoms with E-state index in [1.807, 2.05) is 24.5 Å². The summed E-state index contributed by atoms with van der Waals surface area (Å²) in [6, 6.07) is 12.5. The zero-order chi connectivity index (χ0) is 19.9. The molecular formula is C23H27BN4. The molecule has 0 saturated heterocycles. The third-order valence-electron chi connectivity index (χ3n) is 4.65. The molecule has 3 rings (SSSR count). The van der Waals surface area contributed by atoms with E-state index in [1.165, 1.54) is 11.0 Å². The molecule has 0 amide bonds. The summed E-state index contributed by atoms with van der Waals surface area (Å²) in [7, 11) is 0.952. The highest BCUT2D eigenvalue weighted by atomic mass is 15.0. The summed E-state index contributed by atoms with van der Waals surface area (Å²) in [6.45, 7) is 11.1. The molecule has 0 unspecified atom stereocenters. The number of benzene rings is 1. The fraction of sp³-hybridized carbons (Fsp3) is 0.217. The van der Waals surface area contributed by atoms with Gasteiger partial charge < -0.3 is 10.3 Å². The van der Waals surface area contributed by atoms with Gasteiger partial charge in [0.15, 0.2) is 7.28 Å². The molecule has 2 aromatic heterocycles. The van der Waals surface area contributed by atoms with Gasteiger partial charge in [0.2, 0.25) is 0 Å². The number of hydrogen-bond donors (Lipinski definition) is 2. The van der Waals surface area contributed by atoms with Gasteiger partial charge >= 0.3 is 0 Å². The number of hydrogen-bond acceptors (Lipinski definition) is 2. The van der Waals surface area contributed by atoms with Crippen molar-refractivity contribution in [2.75, 3.05) is 0 Å². The lowest BCUT2D eigenvalue weighted by Gasteiger charge is -2.14. The van der Waals surface area contributed by atoms with Crippen LogP contribution in [-0.2, 0) is 6.54 Å². The fourth-order valence-corrected chi connectivity index (χ4v) is 3.04. The highest BCUT2D eigenvalue weighted by Crippen LogP contribution is 2.25. The summed E-state index contributed by atoms with van der Waals surface area (Å²) < 4.78 is 0. The Balaban J connectivity index is 1.96. The van der Waals surface area contributed by atoms with Gasteiger partial charge in [-0.05, 0) is 11.6 Å². The second-order valence-electron chi connectivity index (χ2n) is 7.07. The van der Waals surface area contributed by atoms with Crippen LogP contribution >= 0.6 is 0 Å². The molecule has 4 nitrogen and oxygen atoms in total. The van der Waals surface area contributed by atoms with Gasteiger partial charge in [0.25, 0.3) is 0 Å². The lowest BCUT2D eigenvalue weighted by atomic mass is 9.74. The first-order valence-corrected chi connectivity index (χ1v) is 9.77. The SMILES string of the molecule is C=C/C=C(\N=C(\NCc1ccccc1)C(C)C)c1c[nH]c2ncc(BC)cc12. The molecule has 5 heteroatoms. The van der Waals surface area contributed by atoms with E-state index < -0.39 is 0 Å². The minimum atomic E-state index is 0.270. The van der Waals surface area contributed by atoms with Crippen molar-refractivity contribution < 1.29 is 0 Å². The van der Waals surface area contributed by atoms with Crippen molar-refractivity contribution in [3.63, 3.8) is 0 Å². The summed E-state index contributed by atoms with van der Waals surface area (Å²) in [5, 5.41) is 4.59. The van der Waals surface area contributed by atoms with Crippen molar-refractivity contribution in [2.24, 2.45) is 10.9 Å². The third kappa shape index (κ3) is 4.60. The molecule has 0 fully saturated rings. The summed E-state index contributed by atoms with van der Waals surface area (Å²) in [6.07, 6.45) is 7.63. The summed E-state index contributed by atoms with van der Waals surface area (Å²) in [5.41, 5.74) is 5.23. The molecule has 0 atom stereocenters. The van der Waals surface area contributed by atoms with E-state index in [1.54, 1.807) is 6.08 Å². The largest absolute Gasteiger partial charge is 0.369 e. The molecule has 0 radical (unpaired) electrons. The Bertz CT molecular complexity index is 1000. The van der Waals surface area contributed by atoms with Crippen LogP contribution in [-0.4, -0.2) is 23.1 Å². The number of fused-ring (bicyclic) bond motifs is 1. The summed E-state index contributed by atoms with van der Waals surface area (Å²) in [4.78, 5) is 12.8. The Labute approximate surface area is 167 Å². The Morgan fingerprint density at radius 2 is 2.11 bits per heavy atom. The maximum atomic E-state index is 4.98. The van der Waals surface area contributed by atoms with Crippen LogP contribution in [0, 0.1) is 5.92 Å². The minimum Gasteiger partial charge on any atom is -0.369 e. The van der Waals surface area contributed by atoms with Gasteiger partial charge in [-0.2, -0.15) is 0 Å². The molecule has 1 aromatic carbocycles. The van der Waals surface area contributed by atoms with Gasteiger partial charge in [-0.15, -0.1) is 0 Å². The Hall–Kier alpha value is -3.08. The maximum Gasteiger partial charge on any atom is 0.156 e. The molecule has 0 aliphatic rings. The molecule has 3 aromatic rings. The first kappa shape index (κ1) is 19.7. The number of allylic oxidation sites excluding steroid dienone is 2. The Morgan fingerprint density at radius 1 is 1.32 bits per heavy atom. The van der Waals surface area contributed by atoms with Crippen molar-refractivity contribution in [3.8, 4) is 0 Å². The van der Waals surface area contributed by atoms with Crippen LogP contribution in [0.1, 0.15) is 25.0 Å². The van der Waals surface area contributed by atoms with Crippen LogP contribution in [0.4, 0.5) is 0 Å². The van der Waals surface area contributed by atoms with Crippen LogP contribution < -0.4 is 10.8 Å². The van der Waals surface area contributed by atoms with Crippen LogP contribution in [0.25, 0.3) is 16.7 Å². The number of aromatic nitrogens is 2. The predicted molar refractivity (Wildman–Crippen MR) is 122 cm³/mol. The van der Waals surface area contributed by atoms with Gasteiger partial charge in [-0.25, -0.2) is 9.98 Å². The summed E-state index contributed by atoms with van der Waals surface area (Å²) >= 11 is 0.